The van der Waals surface area contributed by atoms with Crippen molar-refractivity contribution in [2.75, 3.05) is 19.7 Å². The summed E-state index contributed by atoms with van der Waals surface area (Å²) in [5.41, 5.74) is 5.42. The summed E-state index contributed by atoms with van der Waals surface area (Å²) in [6, 6.07) is 12.0. The van der Waals surface area contributed by atoms with E-state index in [2.05, 4.69) is 21.8 Å². The Bertz CT molecular complexity index is 1750. The molecule has 42 heavy (non-hydrogen) atoms. The Morgan fingerprint density at radius 1 is 0.738 bits per heavy atom. The van der Waals surface area contributed by atoms with Crippen molar-refractivity contribution in [2.24, 2.45) is 5.92 Å². The number of hydrogen-bond donors (Lipinski definition) is 2. The van der Waals surface area contributed by atoms with Crippen LogP contribution in [0.15, 0.2) is 36.4 Å². The Hall–Kier alpha value is -4.16. The van der Waals surface area contributed by atoms with Crippen LogP contribution in [0.2, 0.25) is 0 Å². The summed E-state index contributed by atoms with van der Waals surface area (Å²) in [5.74, 6) is 8.91. The van der Waals surface area contributed by atoms with E-state index in [0.717, 1.165) is 109 Å². The standard InChI is InChI=1S/C33H34N6O3/c40-32(22-11-12-22)38-15-1-4-27(38)30-34-23-13-9-20(18-25(23)36-30)7-8-21-10-14-24-26(19-21)37-31(35-24)28-5-2-16-39(28)33(41)29-6-3-17-42-29/h9-10,13-14,18-19,22,27-29H,1-6,11-12,15-17H2,(H,34,36)(H,35,37)/t27-,28?,29-/m0/s1. The zero-order valence-corrected chi connectivity index (χ0v) is 23.6. The van der Waals surface area contributed by atoms with Gasteiger partial charge in [-0.15, -0.1) is 0 Å². The van der Waals surface area contributed by atoms with Crippen molar-refractivity contribution in [3.05, 3.63) is 59.2 Å². The molecule has 214 valence electrons. The molecular formula is C33H34N6O3. The molecule has 0 spiro atoms. The maximum Gasteiger partial charge on any atom is 0.252 e. The van der Waals surface area contributed by atoms with Gasteiger partial charge in [0.1, 0.15) is 17.8 Å². The van der Waals surface area contributed by atoms with E-state index < -0.39 is 0 Å². The second-order valence-corrected chi connectivity index (χ2v) is 12.1. The number of benzene rings is 2. The van der Waals surface area contributed by atoms with Gasteiger partial charge in [-0.1, -0.05) is 11.8 Å². The summed E-state index contributed by atoms with van der Waals surface area (Å²) < 4.78 is 5.66. The third-order valence-corrected chi connectivity index (χ3v) is 9.19. The lowest BCUT2D eigenvalue weighted by Gasteiger charge is -2.25. The Labute approximate surface area is 244 Å². The van der Waals surface area contributed by atoms with Crippen LogP contribution in [-0.4, -0.2) is 67.4 Å². The monoisotopic (exact) mass is 562 g/mol. The minimum atomic E-state index is -0.307. The van der Waals surface area contributed by atoms with Gasteiger partial charge in [-0.25, -0.2) is 9.97 Å². The number of aromatic nitrogens is 4. The van der Waals surface area contributed by atoms with Crippen molar-refractivity contribution in [1.29, 1.82) is 0 Å². The molecule has 1 saturated carbocycles. The number of carbonyl (C=O) groups is 2. The van der Waals surface area contributed by atoms with Gasteiger partial charge >= 0.3 is 0 Å². The quantitative estimate of drug-likeness (QED) is 0.349. The molecule has 0 radical (unpaired) electrons. The van der Waals surface area contributed by atoms with Crippen LogP contribution in [0.3, 0.4) is 0 Å². The van der Waals surface area contributed by atoms with Gasteiger partial charge in [-0.3, -0.25) is 9.59 Å². The van der Waals surface area contributed by atoms with Crippen molar-refractivity contribution >= 4 is 33.9 Å². The first kappa shape index (κ1) is 25.5. The highest BCUT2D eigenvalue weighted by Gasteiger charge is 2.40. The molecule has 3 saturated heterocycles. The maximum absolute atomic E-state index is 13.1. The molecule has 0 bridgehead atoms. The van der Waals surface area contributed by atoms with Gasteiger partial charge in [0, 0.05) is 36.7 Å². The highest BCUT2D eigenvalue weighted by molar-refractivity contribution is 5.83. The van der Waals surface area contributed by atoms with E-state index in [1.165, 1.54) is 0 Å². The zero-order valence-electron chi connectivity index (χ0n) is 23.6. The van der Waals surface area contributed by atoms with Crippen molar-refractivity contribution < 1.29 is 14.3 Å². The fourth-order valence-electron chi connectivity index (χ4n) is 6.83. The molecule has 4 aliphatic rings. The lowest BCUT2D eigenvalue weighted by atomic mass is 10.1. The molecule has 8 rings (SSSR count). The van der Waals surface area contributed by atoms with E-state index in [9.17, 15) is 9.59 Å². The Morgan fingerprint density at radius 3 is 1.83 bits per heavy atom. The van der Waals surface area contributed by atoms with E-state index in [4.69, 9.17) is 14.7 Å². The van der Waals surface area contributed by atoms with Gasteiger partial charge in [-0.2, -0.15) is 0 Å². The number of nitrogens with zero attached hydrogens (tertiary/aromatic N) is 4. The van der Waals surface area contributed by atoms with Gasteiger partial charge in [0.2, 0.25) is 5.91 Å². The number of imidazole rings is 2. The molecule has 9 nitrogen and oxygen atoms in total. The number of rotatable bonds is 4. The highest BCUT2D eigenvalue weighted by atomic mass is 16.5. The van der Waals surface area contributed by atoms with Crippen molar-refractivity contribution in [3.8, 4) is 11.8 Å². The topological polar surface area (TPSA) is 107 Å². The smallest absolute Gasteiger partial charge is 0.252 e. The van der Waals surface area contributed by atoms with Gasteiger partial charge in [0.15, 0.2) is 0 Å². The highest BCUT2D eigenvalue weighted by Crippen LogP contribution is 2.38. The number of carbonyl (C=O) groups excluding carboxylic acids is 2. The van der Waals surface area contributed by atoms with E-state index in [0.29, 0.717) is 12.5 Å². The molecule has 2 amide bonds. The number of amides is 2. The summed E-state index contributed by atoms with van der Waals surface area (Å²) in [4.78, 5) is 46.4. The van der Waals surface area contributed by atoms with E-state index >= 15 is 0 Å². The first-order chi connectivity index (χ1) is 20.6. The molecule has 4 aromatic rings. The third kappa shape index (κ3) is 4.64. The van der Waals surface area contributed by atoms with Crippen molar-refractivity contribution in [1.82, 2.24) is 29.7 Å². The minimum Gasteiger partial charge on any atom is -0.368 e. The van der Waals surface area contributed by atoms with Gasteiger partial charge in [-0.05, 0) is 87.8 Å². The molecule has 1 unspecified atom stereocenters. The summed E-state index contributed by atoms with van der Waals surface area (Å²) in [6.45, 7) is 2.24. The number of ether oxygens (including phenoxy) is 1. The van der Waals surface area contributed by atoms with Crippen LogP contribution in [0, 0.1) is 17.8 Å². The molecule has 2 aromatic heterocycles. The van der Waals surface area contributed by atoms with E-state index in [1.807, 2.05) is 46.2 Å². The SMILES string of the molecule is O=C([C@@H]1CCCO1)N1CCCC1c1nc2ccc(C#Cc3ccc4nc([C@@H]5CCCN5C(=O)C5CC5)[nH]c4c3)cc2[nH]1. The molecule has 2 N–H and O–H groups in total. The number of aromatic amines is 2. The number of nitrogens with one attached hydrogen (secondary N) is 2. The van der Waals surface area contributed by atoms with Crippen LogP contribution in [-0.2, 0) is 14.3 Å². The molecule has 9 heteroatoms. The van der Waals surface area contributed by atoms with Gasteiger partial charge in [0.05, 0.1) is 34.2 Å². The average Bonchev–Trinajstić information content (AvgIpc) is 3.59. The lowest BCUT2D eigenvalue weighted by molar-refractivity contribution is -0.142. The predicted octanol–water partition coefficient (Wildman–Crippen LogP) is 4.76. The van der Waals surface area contributed by atoms with E-state index in [1.54, 1.807) is 0 Å². The summed E-state index contributed by atoms with van der Waals surface area (Å²) in [5, 5.41) is 0. The first-order valence-corrected chi connectivity index (χ1v) is 15.3. The van der Waals surface area contributed by atoms with Gasteiger partial charge in [0.25, 0.3) is 5.91 Å². The molecule has 3 atom stereocenters. The normalized spacial score (nSPS) is 24.0. The number of H-pyrrole nitrogens is 2. The minimum absolute atomic E-state index is 0.0385. The number of fused-ring (bicyclic) bond motifs is 2. The zero-order chi connectivity index (χ0) is 28.2. The second kappa shape index (κ2) is 10.3. The molecule has 3 aliphatic heterocycles. The number of likely N-dealkylation sites (tertiary alicyclic amines) is 2. The summed E-state index contributed by atoms with van der Waals surface area (Å²) in [6.07, 6.45) is 7.33. The molecule has 1 aliphatic carbocycles. The lowest BCUT2D eigenvalue weighted by Crippen LogP contribution is -2.38. The van der Waals surface area contributed by atoms with Crippen LogP contribution in [0.4, 0.5) is 0 Å². The fourth-order valence-corrected chi connectivity index (χ4v) is 6.83. The van der Waals surface area contributed by atoms with Crippen molar-refractivity contribution in [2.45, 2.75) is 69.6 Å². The molecule has 5 heterocycles. The Balaban J connectivity index is 1.01. The fraction of sp³-hybridized carbons (Fsp3) is 0.455. The predicted molar refractivity (Wildman–Crippen MR) is 157 cm³/mol. The Morgan fingerprint density at radius 2 is 1.31 bits per heavy atom. The summed E-state index contributed by atoms with van der Waals surface area (Å²) >= 11 is 0. The van der Waals surface area contributed by atoms with Gasteiger partial charge < -0.3 is 24.5 Å². The number of hydrogen-bond acceptors (Lipinski definition) is 5. The summed E-state index contributed by atoms with van der Waals surface area (Å²) in [7, 11) is 0. The second-order valence-electron chi connectivity index (χ2n) is 12.1. The average molecular weight is 563 g/mol. The van der Waals surface area contributed by atoms with Crippen molar-refractivity contribution in [3.63, 3.8) is 0 Å². The first-order valence-electron chi connectivity index (χ1n) is 15.3. The van der Waals surface area contributed by atoms with Crippen LogP contribution >= 0.6 is 0 Å². The third-order valence-electron chi connectivity index (χ3n) is 9.19. The maximum atomic E-state index is 13.1. The largest absolute Gasteiger partial charge is 0.368 e. The molecular weight excluding hydrogens is 528 g/mol. The van der Waals surface area contributed by atoms with Crippen LogP contribution < -0.4 is 0 Å². The Kier molecular flexibility index (Phi) is 6.25. The van der Waals surface area contributed by atoms with Crippen LogP contribution in [0.25, 0.3) is 22.1 Å². The van der Waals surface area contributed by atoms with Crippen LogP contribution in [0.5, 0.6) is 0 Å². The van der Waals surface area contributed by atoms with Crippen LogP contribution in [0.1, 0.15) is 86.2 Å². The van der Waals surface area contributed by atoms with E-state index in [-0.39, 0.29) is 30.0 Å². The molecule has 2 aromatic carbocycles. The molecule has 4 fully saturated rings.